The van der Waals surface area contributed by atoms with E-state index in [0.717, 1.165) is 0 Å². The standard InChI is InChI=1S/C12H14N2O3/c1-3-6-13-12(17)14-9-4-5-10(11(15)16)8(2)7-9/h3-5,7H,1,6H2,2H3,(H,15,16)(H2,13,14,17). The summed E-state index contributed by atoms with van der Waals surface area (Å²) in [4.78, 5) is 22.1. The summed E-state index contributed by atoms with van der Waals surface area (Å²) in [6.07, 6.45) is 1.57. The SMILES string of the molecule is C=CCNC(=O)Nc1ccc(C(=O)O)c(C)c1. The lowest BCUT2D eigenvalue weighted by molar-refractivity contribution is 0.0696. The third kappa shape index (κ3) is 3.64. The number of aromatic carboxylic acids is 1. The number of benzene rings is 1. The molecule has 0 saturated heterocycles. The summed E-state index contributed by atoms with van der Waals surface area (Å²) >= 11 is 0. The molecule has 1 aromatic rings. The Kier molecular flexibility index (Phi) is 4.28. The first-order chi connectivity index (χ1) is 8.04. The fourth-order valence-electron chi connectivity index (χ4n) is 1.32. The van der Waals surface area contributed by atoms with Crippen LogP contribution in [0.1, 0.15) is 15.9 Å². The van der Waals surface area contributed by atoms with E-state index in [1.54, 1.807) is 25.1 Å². The number of aryl methyl sites for hydroxylation is 1. The molecule has 5 nitrogen and oxygen atoms in total. The molecule has 0 aliphatic heterocycles. The lowest BCUT2D eigenvalue weighted by Gasteiger charge is -2.08. The summed E-state index contributed by atoms with van der Waals surface area (Å²) in [5.41, 5.74) is 1.37. The van der Waals surface area contributed by atoms with Crippen LogP contribution in [0.15, 0.2) is 30.9 Å². The van der Waals surface area contributed by atoms with Crippen LogP contribution in [0.5, 0.6) is 0 Å². The van der Waals surface area contributed by atoms with Crippen molar-refractivity contribution in [1.82, 2.24) is 5.32 Å². The average Bonchev–Trinajstić information content (AvgIpc) is 2.26. The molecule has 0 heterocycles. The first-order valence-corrected chi connectivity index (χ1v) is 5.04. The van der Waals surface area contributed by atoms with Gasteiger partial charge in [-0.25, -0.2) is 9.59 Å². The van der Waals surface area contributed by atoms with E-state index in [1.807, 2.05) is 0 Å². The molecule has 0 fully saturated rings. The molecule has 1 rings (SSSR count). The highest BCUT2D eigenvalue weighted by molar-refractivity contribution is 5.92. The van der Waals surface area contributed by atoms with E-state index in [9.17, 15) is 9.59 Å². The van der Waals surface area contributed by atoms with Crippen LogP contribution in [0.3, 0.4) is 0 Å². The van der Waals surface area contributed by atoms with Gasteiger partial charge < -0.3 is 15.7 Å². The van der Waals surface area contributed by atoms with Crippen molar-refractivity contribution in [2.75, 3.05) is 11.9 Å². The second-order valence-corrected chi connectivity index (χ2v) is 3.46. The molecule has 2 amide bonds. The fraction of sp³-hybridized carbons (Fsp3) is 0.167. The van der Waals surface area contributed by atoms with Gasteiger partial charge >= 0.3 is 12.0 Å². The Bertz CT molecular complexity index is 455. The molecule has 0 saturated carbocycles. The van der Waals surface area contributed by atoms with Gasteiger partial charge in [0.1, 0.15) is 0 Å². The number of carboxylic acids is 1. The molecule has 90 valence electrons. The number of carboxylic acid groups (broad SMARTS) is 1. The van der Waals surface area contributed by atoms with Crippen LogP contribution in [0.25, 0.3) is 0 Å². The molecule has 17 heavy (non-hydrogen) atoms. The second kappa shape index (κ2) is 5.69. The quantitative estimate of drug-likeness (QED) is 0.697. The summed E-state index contributed by atoms with van der Waals surface area (Å²) in [5, 5.41) is 14.0. The number of hydrogen-bond acceptors (Lipinski definition) is 2. The minimum atomic E-state index is -0.981. The van der Waals surface area contributed by atoms with Gasteiger partial charge in [-0.3, -0.25) is 0 Å². The van der Waals surface area contributed by atoms with Crippen molar-refractivity contribution in [3.05, 3.63) is 42.0 Å². The molecule has 5 heteroatoms. The number of hydrogen-bond donors (Lipinski definition) is 3. The van der Waals surface area contributed by atoms with Crippen molar-refractivity contribution in [1.29, 1.82) is 0 Å². The third-order valence-corrected chi connectivity index (χ3v) is 2.12. The number of carbonyl (C=O) groups is 2. The Morgan fingerprint density at radius 1 is 1.47 bits per heavy atom. The molecule has 0 unspecified atom stereocenters. The Balaban J connectivity index is 2.74. The highest BCUT2D eigenvalue weighted by atomic mass is 16.4. The van der Waals surface area contributed by atoms with E-state index in [4.69, 9.17) is 5.11 Å². The highest BCUT2D eigenvalue weighted by Crippen LogP contribution is 2.14. The first-order valence-electron chi connectivity index (χ1n) is 5.04. The summed E-state index contributed by atoms with van der Waals surface area (Å²) in [6.45, 7) is 5.53. The van der Waals surface area contributed by atoms with Crippen LogP contribution in [0.4, 0.5) is 10.5 Å². The Morgan fingerprint density at radius 3 is 2.71 bits per heavy atom. The molecule has 0 bridgehead atoms. The summed E-state index contributed by atoms with van der Waals surface area (Å²) in [6, 6.07) is 4.26. The maximum absolute atomic E-state index is 11.3. The van der Waals surface area contributed by atoms with Crippen molar-refractivity contribution in [3.8, 4) is 0 Å². The van der Waals surface area contributed by atoms with Gasteiger partial charge in [0.25, 0.3) is 0 Å². The summed E-state index contributed by atoms with van der Waals surface area (Å²) in [5.74, 6) is -0.981. The average molecular weight is 234 g/mol. The number of urea groups is 1. The molecule has 0 aliphatic carbocycles. The third-order valence-electron chi connectivity index (χ3n) is 2.12. The molecule has 3 N–H and O–H groups in total. The van der Waals surface area contributed by atoms with Crippen LogP contribution in [-0.4, -0.2) is 23.7 Å². The molecular formula is C12H14N2O3. The van der Waals surface area contributed by atoms with Crippen molar-refractivity contribution >= 4 is 17.7 Å². The molecule has 0 spiro atoms. The molecular weight excluding hydrogens is 220 g/mol. The van der Waals surface area contributed by atoms with Gasteiger partial charge in [-0.2, -0.15) is 0 Å². The maximum Gasteiger partial charge on any atom is 0.335 e. The van der Waals surface area contributed by atoms with Gasteiger partial charge in [-0.15, -0.1) is 6.58 Å². The number of rotatable bonds is 4. The smallest absolute Gasteiger partial charge is 0.335 e. The Morgan fingerprint density at radius 2 is 2.18 bits per heavy atom. The second-order valence-electron chi connectivity index (χ2n) is 3.46. The lowest BCUT2D eigenvalue weighted by atomic mass is 10.1. The fourth-order valence-corrected chi connectivity index (χ4v) is 1.32. The van der Waals surface area contributed by atoms with Crippen molar-refractivity contribution in [2.45, 2.75) is 6.92 Å². The molecule has 0 aliphatic rings. The maximum atomic E-state index is 11.3. The lowest BCUT2D eigenvalue weighted by Crippen LogP contribution is -2.28. The zero-order valence-electron chi connectivity index (χ0n) is 9.49. The van der Waals surface area contributed by atoms with Crippen LogP contribution in [0, 0.1) is 6.92 Å². The van der Waals surface area contributed by atoms with E-state index in [2.05, 4.69) is 17.2 Å². The van der Waals surface area contributed by atoms with Crippen molar-refractivity contribution in [2.24, 2.45) is 0 Å². The first kappa shape index (κ1) is 12.8. The largest absolute Gasteiger partial charge is 0.478 e. The Hall–Kier alpha value is -2.30. The van der Waals surface area contributed by atoms with E-state index in [-0.39, 0.29) is 11.6 Å². The van der Waals surface area contributed by atoms with E-state index >= 15 is 0 Å². The number of amides is 2. The van der Waals surface area contributed by atoms with Crippen molar-refractivity contribution < 1.29 is 14.7 Å². The van der Waals surface area contributed by atoms with Crippen LogP contribution in [0.2, 0.25) is 0 Å². The normalized spacial score (nSPS) is 9.47. The predicted octanol–water partition coefficient (Wildman–Crippen LogP) is 2.00. The van der Waals surface area contributed by atoms with Gasteiger partial charge in [0.2, 0.25) is 0 Å². The minimum absolute atomic E-state index is 0.224. The van der Waals surface area contributed by atoms with E-state index in [0.29, 0.717) is 17.8 Å². The van der Waals surface area contributed by atoms with Crippen LogP contribution < -0.4 is 10.6 Å². The van der Waals surface area contributed by atoms with Gasteiger partial charge in [-0.05, 0) is 30.7 Å². The van der Waals surface area contributed by atoms with Gasteiger partial charge in [-0.1, -0.05) is 6.08 Å². The monoisotopic (exact) mass is 234 g/mol. The van der Waals surface area contributed by atoms with Gasteiger partial charge in [0, 0.05) is 12.2 Å². The summed E-state index contributed by atoms with van der Waals surface area (Å²) < 4.78 is 0. The van der Waals surface area contributed by atoms with Crippen molar-refractivity contribution in [3.63, 3.8) is 0 Å². The number of anilines is 1. The van der Waals surface area contributed by atoms with Crippen LogP contribution in [-0.2, 0) is 0 Å². The molecule has 0 radical (unpaired) electrons. The molecule has 1 aromatic carbocycles. The Labute approximate surface area is 99.1 Å². The number of carbonyl (C=O) groups excluding carboxylic acids is 1. The highest BCUT2D eigenvalue weighted by Gasteiger charge is 2.08. The number of nitrogens with one attached hydrogen (secondary N) is 2. The molecule has 0 aromatic heterocycles. The van der Waals surface area contributed by atoms with E-state index < -0.39 is 5.97 Å². The van der Waals surface area contributed by atoms with Crippen LogP contribution >= 0.6 is 0 Å². The van der Waals surface area contributed by atoms with Gasteiger partial charge in [0.15, 0.2) is 0 Å². The zero-order chi connectivity index (χ0) is 12.8. The topological polar surface area (TPSA) is 78.4 Å². The predicted molar refractivity (Wildman–Crippen MR) is 65.4 cm³/mol. The minimum Gasteiger partial charge on any atom is -0.478 e. The van der Waals surface area contributed by atoms with E-state index in [1.165, 1.54) is 6.07 Å². The summed E-state index contributed by atoms with van der Waals surface area (Å²) in [7, 11) is 0. The molecule has 0 atom stereocenters. The van der Waals surface area contributed by atoms with Gasteiger partial charge in [0.05, 0.1) is 5.56 Å². The zero-order valence-corrected chi connectivity index (χ0v) is 9.49.